The topological polar surface area (TPSA) is 63.2 Å². The number of carbonyl (C=O) groups excluding carboxylic acids is 1. The Labute approximate surface area is 95.2 Å². The number of pyridine rings is 1. The molecule has 1 rings (SSSR count). The molecule has 0 fully saturated rings. The van der Waals surface area contributed by atoms with Crippen LogP contribution >= 0.6 is 0 Å². The zero-order chi connectivity index (χ0) is 11.6. The second-order valence-electron chi connectivity index (χ2n) is 3.21. The highest BCUT2D eigenvalue weighted by Gasteiger charge is 2.03. The number of nitrogens with zero attached hydrogens (tertiary/aromatic N) is 1. The Morgan fingerprint density at radius 2 is 2.25 bits per heavy atom. The number of rotatable bonds is 7. The Bertz CT molecular complexity index is 303. The van der Waals surface area contributed by atoms with Crippen molar-refractivity contribution >= 4 is 5.91 Å². The van der Waals surface area contributed by atoms with E-state index >= 15 is 0 Å². The summed E-state index contributed by atoms with van der Waals surface area (Å²) in [5.74, 6) is -0.144. The van der Waals surface area contributed by atoms with Crippen LogP contribution in [0.1, 0.15) is 10.5 Å². The molecular weight excluding hydrogens is 206 g/mol. The van der Waals surface area contributed by atoms with E-state index in [4.69, 9.17) is 4.74 Å². The Hall–Kier alpha value is -1.46. The average Bonchev–Trinajstić information content (AvgIpc) is 2.34. The highest BCUT2D eigenvalue weighted by Crippen LogP contribution is 1.91. The molecule has 0 atom stereocenters. The van der Waals surface area contributed by atoms with Crippen molar-refractivity contribution < 1.29 is 9.53 Å². The van der Waals surface area contributed by atoms with Gasteiger partial charge in [0.25, 0.3) is 5.91 Å². The van der Waals surface area contributed by atoms with Crippen molar-refractivity contribution in [2.24, 2.45) is 0 Å². The van der Waals surface area contributed by atoms with Gasteiger partial charge in [-0.25, -0.2) is 0 Å². The maximum Gasteiger partial charge on any atom is 0.269 e. The van der Waals surface area contributed by atoms with Crippen LogP contribution in [0.25, 0.3) is 0 Å². The molecule has 0 saturated heterocycles. The van der Waals surface area contributed by atoms with Crippen LogP contribution in [0.4, 0.5) is 0 Å². The van der Waals surface area contributed by atoms with Crippen LogP contribution in [0.3, 0.4) is 0 Å². The van der Waals surface area contributed by atoms with Gasteiger partial charge in [0.2, 0.25) is 0 Å². The first kappa shape index (κ1) is 12.6. The standard InChI is InChI=1S/C11H17N3O2/c1-16-9-8-12-6-7-14-11(15)10-4-2-3-5-13-10/h2-5,12H,6-9H2,1H3,(H,14,15). The average molecular weight is 223 g/mol. The summed E-state index contributed by atoms with van der Waals surface area (Å²) in [4.78, 5) is 15.5. The first-order valence-corrected chi connectivity index (χ1v) is 5.23. The van der Waals surface area contributed by atoms with Gasteiger partial charge in [0.05, 0.1) is 6.61 Å². The van der Waals surface area contributed by atoms with Gasteiger partial charge in [-0.3, -0.25) is 9.78 Å². The van der Waals surface area contributed by atoms with Gasteiger partial charge in [-0.1, -0.05) is 6.07 Å². The quantitative estimate of drug-likeness (QED) is 0.641. The van der Waals surface area contributed by atoms with E-state index in [0.717, 1.165) is 13.1 Å². The first-order chi connectivity index (χ1) is 7.84. The minimum absolute atomic E-state index is 0.144. The van der Waals surface area contributed by atoms with E-state index in [1.165, 1.54) is 0 Å². The van der Waals surface area contributed by atoms with E-state index in [1.54, 1.807) is 31.5 Å². The number of carbonyl (C=O) groups is 1. The number of hydrogen-bond acceptors (Lipinski definition) is 4. The van der Waals surface area contributed by atoms with Gasteiger partial charge in [-0.05, 0) is 12.1 Å². The molecule has 0 aliphatic heterocycles. The summed E-state index contributed by atoms with van der Waals surface area (Å²) in [6, 6.07) is 5.26. The molecule has 0 aliphatic rings. The Morgan fingerprint density at radius 1 is 1.38 bits per heavy atom. The second-order valence-corrected chi connectivity index (χ2v) is 3.21. The lowest BCUT2D eigenvalue weighted by molar-refractivity contribution is 0.0948. The molecule has 0 spiro atoms. The third-order valence-corrected chi connectivity index (χ3v) is 1.97. The smallest absolute Gasteiger partial charge is 0.269 e. The Kier molecular flexibility index (Phi) is 6.13. The van der Waals surface area contributed by atoms with Gasteiger partial charge in [0.15, 0.2) is 0 Å². The van der Waals surface area contributed by atoms with Crippen LogP contribution in [0.2, 0.25) is 0 Å². The van der Waals surface area contributed by atoms with Crippen LogP contribution in [-0.4, -0.2) is 44.2 Å². The van der Waals surface area contributed by atoms with Gasteiger partial charge in [0.1, 0.15) is 5.69 Å². The lowest BCUT2D eigenvalue weighted by Crippen LogP contribution is -2.33. The van der Waals surface area contributed by atoms with Gasteiger partial charge < -0.3 is 15.4 Å². The number of ether oxygens (including phenoxy) is 1. The Balaban J connectivity index is 2.12. The van der Waals surface area contributed by atoms with Crippen molar-refractivity contribution in [3.05, 3.63) is 30.1 Å². The van der Waals surface area contributed by atoms with Gasteiger partial charge in [0, 0.05) is 32.9 Å². The summed E-state index contributed by atoms with van der Waals surface area (Å²) in [7, 11) is 1.66. The minimum Gasteiger partial charge on any atom is -0.383 e. The van der Waals surface area contributed by atoms with Crippen LogP contribution < -0.4 is 10.6 Å². The maximum absolute atomic E-state index is 11.5. The fourth-order valence-electron chi connectivity index (χ4n) is 1.15. The van der Waals surface area contributed by atoms with Crippen molar-refractivity contribution in [1.82, 2.24) is 15.6 Å². The summed E-state index contributed by atoms with van der Waals surface area (Å²) >= 11 is 0. The second kappa shape index (κ2) is 7.78. The third-order valence-electron chi connectivity index (χ3n) is 1.97. The highest BCUT2D eigenvalue weighted by atomic mass is 16.5. The predicted octanol–water partition coefficient (Wildman–Crippen LogP) is 0.0474. The minimum atomic E-state index is -0.144. The van der Waals surface area contributed by atoms with E-state index in [0.29, 0.717) is 18.8 Å². The van der Waals surface area contributed by atoms with E-state index in [1.807, 2.05) is 0 Å². The molecule has 88 valence electrons. The largest absolute Gasteiger partial charge is 0.383 e. The Morgan fingerprint density at radius 3 is 2.94 bits per heavy atom. The third kappa shape index (κ3) is 4.86. The number of methoxy groups -OCH3 is 1. The highest BCUT2D eigenvalue weighted by molar-refractivity contribution is 5.92. The molecule has 16 heavy (non-hydrogen) atoms. The molecule has 0 aromatic carbocycles. The lowest BCUT2D eigenvalue weighted by Gasteiger charge is -2.05. The number of hydrogen-bond donors (Lipinski definition) is 2. The molecule has 5 heteroatoms. The molecule has 1 amide bonds. The van der Waals surface area contributed by atoms with Crippen LogP contribution in [-0.2, 0) is 4.74 Å². The summed E-state index contributed by atoms with van der Waals surface area (Å²) in [5, 5.41) is 5.90. The van der Waals surface area contributed by atoms with E-state index in [2.05, 4.69) is 15.6 Å². The summed E-state index contributed by atoms with van der Waals surface area (Å²) in [6.45, 7) is 2.77. The van der Waals surface area contributed by atoms with Crippen LogP contribution in [0.15, 0.2) is 24.4 Å². The van der Waals surface area contributed by atoms with Crippen molar-refractivity contribution in [1.29, 1.82) is 0 Å². The summed E-state index contributed by atoms with van der Waals surface area (Å²) < 4.78 is 4.88. The van der Waals surface area contributed by atoms with E-state index in [9.17, 15) is 4.79 Å². The SMILES string of the molecule is COCCNCCNC(=O)c1ccccn1. The summed E-state index contributed by atoms with van der Waals surface area (Å²) in [6.07, 6.45) is 1.60. The van der Waals surface area contributed by atoms with Crippen molar-refractivity contribution in [2.75, 3.05) is 33.4 Å². The number of aromatic nitrogens is 1. The molecule has 0 radical (unpaired) electrons. The molecular formula is C11H17N3O2. The van der Waals surface area contributed by atoms with Gasteiger partial charge in [-0.15, -0.1) is 0 Å². The molecule has 1 aromatic rings. The molecule has 0 unspecified atom stereocenters. The van der Waals surface area contributed by atoms with E-state index < -0.39 is 0 Å². The lowest BCUT2D eigenvalue weighted by atomic mass is 10.3. The first-order valence-electron chi connectivity index (χ1n) is 5.23. The molecule has 2 N–H and O–H groups in total. The van der Waals surface area contributed by atoms with Crippen molar-refractivity contribution in [3.63, 3.8) is 0 Å². The maximum atomic E-state index is 11.5. The van der Waals surface area contributed by atoms with Crippen molar-refractivity contribution in [2.45, 2.75) is 0 Å². The number of amides is 1. The van der Waals surface area contributed by atoms with Gasteiger partial charge in [-0.2, -0.15) is 0 Å². The molecule has 1 aromatic heterocycles. The molecule has 0 bridgehead atoms. The van der Waals surface area contributed by atoms with Crippen LogP contribution in [0, 0.1) is 0 Å². The fourth-order valence-corrected chi connectivity index (χ4v) is 1.15. The fraction of sp³-hybridized carbons (Fsp3) is 0.455. The molecule has 0 aliphatic carbocycles. The molecule has 1 heterocycles. The van der Waals surface area contributed by atoms with Crippen molar-refractivity contribution in [3.8, 4) is 0 Å². The molecule has 0 saturated carbocycles. The number of nitrogens with one attached hydrogen (secondary N) is 2. The monoisotopic (exact) mass is 223 g/mol. The zero-order valence-corrected chi connectivity index (χ0v) is 9.40. The van der Waals surface area contributed by atoms with E-state index in [-0.39, 0.29) is 5.91 Å². The zero-order valence-electron chi connectivity index (χ0n) is 9.40. The molecule has 5 nitrogen and oxygen atoms in total. The predicted molar refractivity (Wildman–Crippen MR) is 61.3 cm³/mol. The van der Waals surface area contributed by atoms with Crippen LogP contribution in [0.5, 0.6) is 0 Å². The summed E-state index contributed by atoms with van der Waals surface area (Å²) in [5.41, 5.74) is 0.444. The van der Waals surface area contributed by atoms with Gasteiger partial charge >= 0.3 is 0 Å². The normalized spacial score (nSPS) is 10.1.